The van der Waals surface area contributed by atoms with Gasteiger partial charge in [-0.3, -0.25) is 4.79 Å². The lowest BCUT2D eigenvalue weighted by Gasteiger charge is -2.10. The van der Waals surface area contributed by atoms with Gasteiger partial charge in [-0.05, 0) is 29.3 Å². The van der Waals surface area contributed by atoms with E-state index < -0.39 is 5.97 Å². The summed E-state index contributed by atoms with van der Waals surface area (Å²) in [5.41, 5.74) is 1.30. The van der Waals surface area contributed by atoms with Crippen molar-refractivity contribution in [2.45, 2.75) is 6.54 Å². The molecule has 0 aliphatic carbocycles. The molecule has 6 heteroatoms. The van der Waals surface area contributed by atoms with Crippen molar-refractivity contribution < 1.29 is 19.4 Å². The first kappa shape index (κ1) is 16.0. The summed E-state index contributed by atoms with van der Waals surface area (Å²) in [6.45, 7) is 0.280. The lowest BCUT2D eigenvalue weighted by molar-refractivity contribution is -0.255. The zero-order chi connectivity index (χ0) is 16.1. The van der Waals surface area contributed by atoms with Gasteiger partial charge in [0, 0.05) is 11.0 Å². The Labute approximate surface area is 136 Å². The fraction of sp³-hybridized carbons (Fsp3) is 0.125. The van der Waals surface area contributed by atoms with Gasteiger partial charge in [-0.2, -0.15) is 0 Å². The van der Waals surface area contributed by atoms with Crippen molar-refractivity contribution in [3.8, 4) is 5.75 Å². The molecule has 2 aromatic rings. The van der Waals surface area contributed by atoms with Crippen molar-refractivity contribution in [1.82, 2.24) is 5.32 Å². The molecule has 0 atom stereocenters. The summed E-state index contributed by atoms with van der Waals surface area (Å²) in [7, 11) is 1.50. The Hall–Kier alpha value is -2.34. The van der Waals surface area contributed by atoms with Gasteiger partial charge in [-0.15, -0.1) is 0 Å². The number of amides is 1. The van der Waals surface area contributed by atoms with Gasteiger partial charge in [0.25, 0.3) is 5.91 Å². The van der Waals surface area contributed by atoms with Crippen LogP contribution in [0.25, 0.3) is 0 Å². The molecular formula is C16H13BrNO4-. The SMILES string of the molecule is COc1ccc(Br)cc1C(=O)NCc1ccc(C(=O)[O-])cc1. The van der Waals surface area contributed by atoms with Crippen LogP contribution in [-0.2, 0) is 6.54 Å². The Morgan fingerprint density at radius 1 is 1.18 bits per heavy atom. The molecule has 2 aromatic carbocycles. The molecule has 0 aliphatic rings. The molecule has 0 radical (unpaired) electrons. The first-order valence-corrected chi connectivity index (χ1v) is 7.22. The largest absolute Gasteiger partial charge is 0.545 e. The first-order chi connectivity index (χ1) is 10.5. The average Bonchev–Trinajstić information content (AvgIpc) is 2.53. The van der Waals surface area contributed by atoms with E-state index >= 15 is 0 Å². The van der Waals surface area contributed by atoms with E-state index in [1.54, 1.807) is 30.3 Å². The fourth-order valence-corrected chi connectivity index (χ4v) is 2.25. The van der Waals surface area contributed by atoms with Gasteiger partial charge < -0.3 is 20.0 Å². The second-order valence-electron chi connectivity index (χ2n) is 4.51. The van der Waals surface area contributed by atoms with Crippen LogP contribution >= 0.6 is 15.9 Å². The number of carboxylic acids is 1. The number of carbonyl (C=O) groups excluding carboxylic acids is 2. The summed E-state index contributed by atoms with van der Waals surface area (Å²) in [4.78, 5) is 22.9. The van der Waals surface area contributed by atoms with Crippen LogP contribution in [0.4, 0.5) is 0 Å². The zero-order valence-electron chi connectivity index (χ0n) is 11.8. The predicted molar refractivity (Wildman–Crippen MR) is 82.6 cm³/mol. The Kier molecular flexibility index (Phi) is 5.16. The van der Waals surface area contributed by atoms with Gasteiger partial charge in [-0.25, -0.2) is 0 Å². The van der Waals surface area contributed by atoms with Crippen molar-refractivity contribution in [3.63, 3.8) is 0 Å². The third-order valence-electron chi connectivity index (χ3n) is 3.05. The average molecular weight is 363 g/mol. The number of nitrogens with one attached hydrogen (secondary N) is 1. The van der Waals surface area contributed by atoms with Crippen LogP contribution in [0.5, 0.6) is 5.75 Å². The Bertz CT molecular complexity index is 698. The van der Waals surface area contributed by atoms with Gasteiger partial charge in [0.15, 0.2) is 0 Å². The lowest BCUT2D eigenvalue weighted by atomic mass is 10.1. The van der Waals surface area contributed by atoms with E-state index in [-0.39, 0.29) is 18.0 Å². The van der Waals surface area contributed by atoms with Crippen LogP contribution in [0.2, 0.25) is 0 Å². The van der Waals surface area contributed by atoms with Gasteiger partial charge in [0.2, 0.25) is 0 Å². The number of aromatic carboxylic acids is 1. The molecule has 1 amide bonds. The maximum atomic E-state index is 12.2. The molecule has 22 heavy (non-hydrogen) atoms. The number of carbonyl (C=O) groups is 2. The minimum absolute atomic E-state index is 0.101. The molecule has 0 fully saturated rings. The van der Waals surface area contributed by atoms with Crippen LogP contribution < -0.4 is 15.2 Å². The number of methoxy groups -OCH3 is 1. The first-order valence-electron chi connectivity index (χ1n) is 6.43. The van der Waals surface area contributed by atoms with Crippen molar-refractivity contribution in [1.29, 1.82) is 0 Å². The predicted octanol–water partition coefficient (Wildman–Crippen LogP) is 1.75. The van der Waals surface area contributed by atoms with Gasteiger partial charge in [0.1, 0.15) is 5.75 Å². The smallest absolute Gasteiger partial charge is 0.255 e. The molecule has 1 N–H and O–H groups in total. The molecule has 0 saturated carbocycles. The summed E-state index contributed by atoms with van der Waals surface area (Å²) < 4.78 is 5.94. The number of rotatable bonds is 5. The summed E-state index contributed by atoms with van der Waals surface area (Å²) in [6, 6.07) is 11.3. The van der Waals surface area contributed by atoms with E-state index in [0.717, 1.165) is 10.0 Å². The van der Waals surface area contributed by atoms with Crippen molar-refractivity contribution in [2.75, 3.05) is 7.11 Å². The molecule has 0 aromatic heterocycles. The van der Waals surface area contributed by atoms with Crippen LogP contribution in [0.1, 0.15) is 26.3 Å². The van der Waals surface area contributed by atoms with E-state index in [1.165, 1.54) is 19.2 Å². The van der Waals surface area contributed by atoms with Gasteiger partial charge in [-0.1, -0.05) is 40.2 Å². The van der Waals surface area contributed by atoms with E-state index in [4.69, 9.17) is 4.74 Å². The standard InChI is InChI=1S/C16H14BrNO4/c1-22-14-7-6-12(17)8-13(14)15(19)18-9-10-2-4-11(5-3-10)16(20)21/h2-8H,9H2,1H3,(H,18,19)(H,20,21)/p-1. The molecule has 0 heterocycles. The number of hydrogen-bond donors (Lipinski definition) is 1. The lowest BCUT2D eigenvalue weighted by Crippen LogP contribution is -2.24. The van der Waals surface area contributed by atoms with Crippen LogP contribution in [-0.4, -0.2) is 19.0 Å². The van der Waals surface area contributed by atoms with Gasteiger partial charge >= 0.3 is 0 Å². The zero-order valence-corrected chi connectivity index (χ0v) is 13.3. The monoisotopic (exact) mass is 362 g/mol. The molecule has 0 spiro atoms. The highest BCUT2D eigenvalue weighted by Gasteiger charge is 2.12. The number of carboxylic acid groups (broad SMARTS) is 1. The van der Waals surface area contributed by atoms with Crippen molar-refractivity contribution >= 4 is 27.8 Å². The van der Waals surface area contributed by atoms with E-state index in [1.807, 2.05) is 0 Å². The van der Waals surface area contributed by atoms with E-state index in [0.29, 0.717) is 11.3 Å². The van der Waals surface area contributed by atoms with E-state index in [2.05, 4.69) is 21.2 Å². The van der Waals surface area contributed by atoms with Gasteiger partial charge in [0.05, 0.1) is 18.6 Å². The summed E-state index contributed by atoms with van der Waals surface area (Å²) >= 11 is 3.31. The van der Waals surface area contributed by atoms with Crippen LogP contribution in [0, 0.1) is 0 Å². The highest BCUT2D eigenvalue weighted by molar-refractivity contribution is 9.10. The third-order valence-corrected chi connectivity index (χ3v) is 3.54. The third kappa shape index (κ3) is 3.85. The van der Waals surface area contributed by atoms with Crippen LogP contribution in [0.3, 0.4) is 0 Å². The fourth-order valence-electron chi connectivity index (χ4n) is 1.89. The van der Waals surface area contributed by atoms with E-state index in [9.17, 15) is 14.7 Å². The number of hydrogen-bond acceptors (Lipinski definition) is 4. The highest BCUT2D eigenvalue weighted by atomic mass is 79.9. The second kappa shape index (κ2) is 7.09. The summed E-state index contributed by atoms with van der Waals surface area (Å²) in [5.74, 6) is -1.02. The Balaban J connectivity index is 2.06. The number of ether oxygens (including phenoxy) is 1. The van der Waals surface area contributed by atoms with Crippen molar-refractivity contribution in [3.05, 3.63) is 63.6 Å². The Morgan fingerprint density at radius 3 is 2.45 bits per heavy atom. The molecule has 5 nitrogen and oxygen atoms in total. The number of benzene rings is 2. The Morgan fingerprint density at radius 2 is 1.86 bits per heavy atom. The molecular weight excluding hydrogens is 350 g/mol. The van der Waals surface area contributed by atoms with Crippen LogP contribution in [0.15, 0.2) is 46.9 Å². The molecule has 0 bridgehead atoms. The maximum absolute atomic E-state index is 12.2. The summed E-state index contributed by atoms with van der Waals surface area (Å²) in [6.07, 6.45) is 0. The quantitative estimate of drug-likeness (QED) is 0.878. The highest BCUT2D eigenvalue weighted by Crippen LogP contribution is 2.22. The van der Waals surface area contributed by atoms with Crippen molar-refractivity contribution in [2.24, 2.45) is 0 Å². The topological polar surface area (TPSA) is 78.5 Å². The molecule has 0 unspecified atom stereocenters. The summed E-state index contributed by atoms with van der Waals surface area (Å²) in [5, 5.41) is 13.4. The normalized spacial score (nSPS) is 10.1. The minimum Gasteiger partial charge on any atom is -0.545 e. The minimum atomic E-state index is -1.23. The second-order valence-corrected chi connectivity index (χ2v) is 5.43. The maximum Gasteiger partial charge on any atom is 0.255 e. The molecule has 0 saturated heterocycles. The molecule has 0 aliphatic heterocycles. The number of halogens is 1. The molecule has 114 valence electrons. The molecule has 2 rings (SSSR count).